The number of nitrogens with zero attached hydrogens (tertiary/aromatic N) is 2. The van der Waals surface area contributed by atoms with Crippen LogP contribution in [0.25, 0.3) is 11.5 Å². The van der Waals surface area contributed by atoms with E-state index in [4.69, 9.17) is 13.9 Å². The van der Waals surface area contributed by atoms with Crippen LogP contribution in [0.5, 0.6) is 5.75 Å². The lowest BCUT2D eigenvalue weighted by Crippen LogP contribution is -2.21. The average Bonchev–Trinajstić information content (AvgIpc) is 3.10. The Kier molecular flexibility index (Phi) is 5.74. The zero-order valence-electron chi connectivity index (χ0n) is 13.6. The van der Waals surface area contributed by atoms with Gasteiger partial charge in [-0.05, 0) is 43.9 Å². The molecule has 1 aliphatic rings. The molecule has 1 heterocycles. The smallest absolute Gasteiger partial charge is 0.316 e. The van der Waals surface area contributed by atoms with Gasteiger partial charge in [-0.25, -0.2) is 0 Å². The molecule has 0 spiro atoms. The maximum Gasteiger partial charge on any atom is 0.316 e. The number of hydrogen-bond acceptors (Lipinski definition) is 7. The zero-order valence-corrected chi connectivity index (χ0v) is 14.4. The number of carbonyl (C=O) groups is 1. The standard InChI is InChI=1S/C17H20N2O4S/c1-21-14-9-5-6-12(10-14)16-18-19-17(23-16)24-11-15(20)22-13-7-3-2-4-8-13/h5-6,9-10,13H,2-4,7-8,11H2,1H3. The summed E-state index contributed by atoms with van der Waals surface area (Å²) in [4.78, 5) is 11.9. The lowest BCUT2D eigenvalue weighted by atomic mass is 9.98. The Morgan fingerprint density at radius 1 is 1.29 bits per heavy atom. The third-order valence-electron chi connectivity index (χ3n) is 3.89. The maximum atomic E-state index is 11.9. The van der Waals surface area contributed by atoms with Crippen LogP contribution in [-0.4, -0.2) is 35.1 Å². The van der Waals surface area contributed by atoms with Crippen molar-refractivity contribution in [3.05, 3.63) is 24.3 Å². The fourth-order valence-electron chi connectivity index (χ4n) is 2.66. The van der Waals surface area contributed by atoms with Crippen molar-refractivity contribution in [1.82, 2.24) is 10.2 Å². The molecule has 2 aromatic rings. The molecular weight excluding hydrogens is 328 g/mol. The Bertz CT molecular complexity index is 683. The second-order valence-corrected chi connectivity index (χ2v) is 6.57. The summed E-state index contributed by atoms with van der Waals surface area (Å²) < 4.78 is 16.2. The summed E-state index contributed by atoms with van der Waals surface area (Å²) in [6.07, 6.45) is 5.52. The minimum absolute atomic E-state index is 0.0712. The molecule has 1 fully saturated rings. The number of methoxy groups -OCH3 is 1. The minimum Gasteiger partial charge on any atom is -0.497 e. The molecular formula is C17H20N2O4S. The van der Waals surface area contributed by atoms with E-state index in [1.807, 2.05) is 24.3 Å². The molecule has 3 rings (SSSR count). The van der Waals surface area contributed by atoms with Crippen molar-refractivity contribution in [3.8, 4) is 17.2 Å². The molecule has 1 saturated carbocycles. The SMILES string of the molecule is COc1cccc(-c2nnc(SCC(=O)OC3CCCCC3)o2)c1. The minimum atomic E-state index is -0.229. The van der Waals surface area contributed by atoms with Gasteiger partial charge in [0.1, 0.15) is 17.6 Å². The van der Waals surface area contributed by atoms with Gasteiger partial charge in [-0.1, -0.05) is 24.2 Å². The molecule has 0 aliphatic heterocycles. The molecule has 0 amide bonds. The number of aromatic nitrogens is 2. The molecule has 0 unspecified atom stereocenters. The molecule has 0 radical (unpaired) electrons. The first-order valence-corrected chi connectivity index (χ1v) is 9.03. The van der Waals surface area contributed by atoms with Crippen LogP contribution in [0.15, 0.2) is 33.9 Å². The summed E-state index contributed by atoms with van der Waals surface area (Å²) in [6.45, 7) is 0. The third kappa shape index (κ3) is 4.50. The molecule has 0 N–H and O–H groups in total. The maximum absolute atomic E-state index is 11.9. The second-order valence-electron chi connectivity index (χ2n) is 5.64. The van der Waals surface area contributed by atoms with Gasteiger partial charge in [0.15, 0.2) is 0 Å². The van der Waals surface area contributed by atoms with Crippen LogP contribution in [0, 0.1) is 0 Å². The average molecular weight is 348 g/mol. The van der Waals surface area contributed by atoms with Crippen molar-refractivity contribution >= 4 is 17.7 Å². The van der Waals surface area contributed by atoms with E-state index in [1.54, 1.807) is 7.11 Å². The molecule has 1 aliphatic carbocycles. The summed E-state index contributed by atoms with van der Waals surface area (Å²) in [5, 5.41) is 8.33. The first-order valence-electron chi connectivity index (χ1n) is 8.05. The summed E-state index contributed by atoms with van der Waals surface area (Å²) in [6, 6.07) is 7.38. The quantitative estimate of drug-likeness (QED) is 0.582. The molecule has 1 aromatic carbocycles. The zero-order chi connectivity index (χ0) is 16.8. The number of esters is 1. The van der Waals surface area contributed by atoms with E-state index in [0.29, 0.717) is 11.1 Å². The van der Waals surface area contributed by atoms with Gasteiger partial charge in [0, 0.05) is 5.56 Å². The first-order chi connectivity index (χ1) is 11.7. The third-order valence-corrected chi connectivity index (χ3v) is 4.68. The fraction of sp³-hybridized carbons (Fsp3) is 0.471. The van der Waals surface area contributed by atoms with Gasteiger partial charge in [-0.3, -0.25) is 4.79 Å². The Labute approximate surface area is 144 Å². The van der Waals surface area contributed by atoms with Gasteiger partial charge in [0.2, 0.25) is 5.89 Å². The second kappa shape index (κ2) is 8.19. The first kappa shape index (κ1) is 16.8. The highest BCUT2D eigenvalue weighted by atomic mass is 32.2. The molecule has 7 heteroatoms. The molecule has 6 nitrogen and oxygen atoms in total. The number of benzene rings is 1. The fourth-order valence-corrected chi connectivity index (χ4v) is 3.21. The van der Waals surface area contributed by atoms with Crippen molar-refractivity contribution in [2.24, 2.45) is 0 Å². The molecule has 0 bridgehead atoms. The van der Waals surface area contributed by atoms with E-state index >= 15 is 0 Å². The van der Waals surface area contributed by atoms with Crippen LogP contribution in [-0.2, 0) is 9.53 Å². The van der Waals surface area contributed by atoms with Crippen LogP contribution in [0.2, 0.25) is 0 Å². The highest BCUT2D eigenvalue weighted by Gasteiger charge is 2.18. The molecule has 0 saturated heterocycles. The molecule has 128 valence electrons. The Hall–Kier alpha value is -2.02. The van der Waals surface area contributed by atoms with E-state index in [0.717, 1.165) is 37.0 Å². The van der Waals surface area contributed by atoms with Gasteiger partial charge < -0.3 is 13.9 Å². The number of ether oxygens (including phenoxy) is 2. The van der Waals surface area contributed by atoms with E-state index < -0.39 is 0 Å². The molecule has 0 atom stereocenters. The van der Waals surface area contributed by atoms with Crippen molar-refractivity contribution < 1.29 is 18.7 Å². The van der Waals surface area contributed by atoms with Crippen molar-refractivity contribution in [1.29, 1.82) is 0 Å². The number of hydrogen-bond donors (Lipinski definition) is 0. The van der Waals surface area contributed by atoms with Gasteiger partial charge >= 0.3 is 5.97 Å². The van der Waals surface area contributed by atoms with Gasteiger partial charge in [-0.2, -0.15) is 0 Å². The van der Waals surface area contributed by atoms with Crippen molar-refractivity contribution in [2.75, 3.05) is 12.9 Å². The van der Waals surface area contributed by atoms with E-state index in [9.17, 15) is 4.79 Å². The van der Waals surface area contributed by atoms with Crippen LogP contribution >= 0.6 is 11.8 Å². The predicted molar refractivity (Wildman–Crippen MR) is 90.0 cm³/mol. The largest absolute Gasteiger partial charge is 0.497 e. The highest BCUT2D eigenvalue weighted by molar-refractivity contribution is 7.99. The van der Waals surface area contributed by atoms with Crippen molar-refractivity contribution in [2.45, 2.75) is 43.4 Å². The lowest BCUT2D eigenvalue weighted by Gasteiger charge is -2.21. The highest BCUT2D eigenvalue weighted by Crippen LogP contribution is 2.26. The van der Waals surface area contributed by atoms with Crippen LogP contribution < -0.4 is 4.74 Å². The van der Waals surface area contributed by atoms with E-state index in [-0.39, 0.29) is 17.8 Å². The van der Waals surface area contributed by atoms with Crippen molar-refractivity contribution in [3.63, 3.8) is 0 Å². The Morgan fingerprint density at radius 3 is 2.92 bits per heavy atom. The van der Waals surface area contributed by atoms with Gasteiger partial charge in [0.25, 0.3) is 5.22 Å². The lowest BCUT2D eigenvalue weighted by molar-refractivity contribution is -0.147. The predicted octanol–water partition coefficient (Wildman–Crippen LogP) is 3.71. The topological polar surface area (TPSA) is 74.5 Å². The molecule has 24 heavy (non-hydrogen) atoms. The van der Waals surface area contributed by atoms with Crippen LogP contribution in [0.4, 0.5) is 0 Å². The van der Waals surface area contributed by atoms with Crippen LogP contribution in [0.1, 0.15) is 32.1 Å². The number of carbonyl (C=O) groups excluding carboxylic acids is 1. The molecule has 1 aromatic heterocycles. The van der Waals surface area contributed by atoms with Gasteiger partial charge in [0.05, 0.1) is 7.11 Å². The Morgan fingerprint density at radius 2 is 2.12 bits per heavy atom. The van der Waals surface area contributed by atoms with E-state index in [2.05, 4.69) is 10.2 Å². The summed E-state index contributed by atoms with van der Waals surface area (Å²) in [5.41, 5.74) is 0.776. The summed E-state index contributed by atoms with van der Waals surface area (Å²) in [5.74, 6) is 1.07. The van der Waals surface area contributed by atoms with Crippen LogP contribution in [0.3, 0.4) is 0 Å². The normalized spacial score (nSPS) is 15.2. The monoisotopic (exact) mass is 348 g/mol. The summed E-state index contributed by atoms with van der Waals surface area (Å²) in [7, 11) is 1.60. The Balaban J connectivity index is 1.53. The number of rotatable bonds is 6. The van der Waals surface area contributed by atoms with Gasteiger partial charge in [-0.15, -0.1) is 10.2 Å². The van der Waals surface area contributed by atoms with E-state index in [1.165, 1.54) is 18.2 Å². The number of thioether (sulfide) groups is 1. The summed E-state index contributed by atoms with van der Waals surface area (Å²) >= 11 is 1.20.